The van der Waals surface area contributed by atoms with Crippen molar-refractivity contribution in [1.29, 1.82) is 0 Å². The minimum absolute atomic E-state index is 0.0796. The Labute approximate surface area is 501 Å². The van der Waals surface area contributed by atoms with Gasteiger partial charge in [-0.2, -0.15) is 73.8 Å². The molecule has 0 saturated heterocycles. The second-order valence-electron chi connectivity index (χ2n) is 17.4. The highest BCUT2D eigenvalue weighted by atomic mass is 35.5. The molecule has 8 rings (SSSR count). The van der Waals surface area contributed by atoms with Gasteiger partial charge in [-0.3, -0.25) is 18.2 Å². The molecule has 2 aromatic heterocycles. The molecule has 0 unspecified atom stereocenters. The van der Waals surface area contributed by atoms with Gasteiger partial charge in [0.05, 0.1) is 48.9 Å². The minimum atomic E-state index is -5.32. The van der Waals surface area contributed by atoms with Gasteiger partial charge in [0.15, 0.2) is 31.2 Å². The first-order valence-corrected chi connectivity index (χ1v) is 33.0. The van der Waals surface area contributed by atoms with E-state index in [2.05, 4.69) is 79.5 Å². The van der Waals surface area contributed by atoms with E-state index in [1.807, 2.05) is 0 Å². The molecule has 6 aromatic carbocycles. The minimum Gasteiger partial charge on any atom is -0.505 e. The Morgan fingerprint density at radius 2 is 0.897 bits per heavy atom. The number of aromatic nitrogens is 6. The highest BCUT2D eigenvalue weighted by Crippen LogP contribution is 2.48. The van der Waals surface area contributed by atoms with Gasteiger partial charge >= 0.3 is 0 Å². The van der Waals surface area contributed by atoms with Crippen LogP contribution < -0.4 is 20.9 Å². The van der Waals surface area contributed by atoms with E-state index >= 15 is 0 Å². The molecule has 10 N–H and O–H groups in total. The van der Waals surface area contributed by atoms with Crippen molar-refractivity contribution in [3.63, 3.8) is 0 Å². The number of halogens is 2. The third kappa shape index (κ3) is 14.8. The number of sulfone groups is 2. The number of aliphatic hydroxyl groups excluding tert-OH is 1. The lowest BCUT2D eigenvalue weighted by Crippen LogP contribution is -2.33. The van der Waals surface area contributed by atoms with E-state index in [9.17, 15) is 84.0 Å². The summed E-state index contributed by atoms with van der Waals surface area (Å²) in [6.07, 6.45) is 0. The van der Waals surface area contributed by atoms with Crippen molar-refractivity contribution in [3.8, 4) is 11.5 Å². The number of nitrogens with zero attached hydrogens (tertiary/aromatic N) is 11. The molecule has 0 aliphatic carbocycles. The summed E-state index contributed by atoms with van der Waals surface area (Å²) >= 11 is 12.6. The van der Waals surface area contributed by atoms with Crippen LogP contribution in [0, 0.1) is 0 Å². The summed E-state index contributed by atoms with van der Waals surface area (Å²) < 4.78 is 190. The third-order valence-corrected chi connectivity index (χ3v) is 18.2. The zero-order valence-electron chi connectivity index (χ0n) is 43.1. The molecular formula is C46H38Cl2N14O19S6. The van der Waals surface area contributed by atoms with E-state index in [0.29, 0.717) is 22.9 Å². The predicted molar refractivity (Wildman–Crippen MR) is 311 cm³/mol. The number of phenolic OH excluding ortho intramolecular Hbond substituents is 2. The molecule has 0 atom stereocenters. The predicted octanol–water partition coefficient (Wildman–Crippen LogP) is 7.13. The Morgan fingerprint density at radius 3 is 1.29 bits per heavy atom. The SMILES string of the molecule is C=CS(=O)(=O)c1ccc(N=Nc2c(S(=O)(=O)O)cc3cc(S(=O)(=O)O)cc(Nc4nc(Cl)nc(NCCN(CCO)c5nc(Cl)nc(Nc6cc(S(=O)(=O)O)cc7cc(S(=O)(=O)O)c(N=Nc8ccc(S(=O)(=O)C=C)cc8)c(O)c67)n5)n4)c3c2O)cc1. The smallest absolute Gasteiger partial charge is 0.296 e. The molecule has 41 heteroatoms. The number of azo groups is 2. The van der Waals surface area contributed by atoms with Gasteiger partial charge in [0.25, 0.3) is 40.5 Å². The monoisotopic (exact) mass is 1350 g/mol. The fourth-order valence-electron chi connectivity index (χ4n) is 7.81. The maximum atomic E-state index is 12.7. The second-order valence-corrected chi connectivity index (χ2v) is 27.4. The van der Waals surface area contributed by atoms with E-state index in [-0.39, 0.29) is 52.7 Å². The molecule has 33 nitrogen and oxygen atoms in total. The van der Waals surface area contributed by atoms with Crippen molar-refractivity contribution in [3.05, 3.63) is 119 Å². The number of rotatable bonds is 23. The summed E-state index contributed by atoms with van der Waals surface area (Å²) in [5.74, 6) is -3.73. The van der Waals surface area contributed by atoms with E-state index in [4.69, 9.17) is 23.2 Å². The molecule has 0 aliphatic heterocycles. The lowest BCUT2D eigenvalue weighted by atomic mass is 10.1. The summed E-state index contributed by atoms with van der Waals surface area (Å²) in [6.45, 7) is 5.28. The molecular weight excluding hydrogens is 1320 g/mol. The lowest BCUT2D eigenvalue weighted by Gasteiger charge is -2.22. The van der Waals surface area contributed by atoms with E-state index in [0.717, 1.165) is 48.5 Å². The van der Waals surface area contributed by atoms with Crippen LogP contribution in [-0.2, 0) is 60.1 Å². The summed E-state index contributed by atoms with van der Waals surface area (Å²) in [7, 11) is -28.6. The number of aromatic hydroxyl groups is 2. The zero-order valence-corrected chi connectivity index (χ0v) is 49.5. The van der Waals surface area contributed by atoms with E-state index < -0.39 is 165 Å². The molecule has 0 bridgehead atoms. The average molecular weight is 1350 g/mol. The van der Waals surface area contributed by atoms with Crippen LogP contribution in [0.3, 0.4) is 0 Å². The number of fused-ring (bicyclic) bond motifs is 2. The van der Waals surface area contributed by atoms with Crippen LogP contribution in [0.5, 0.6) is 11.5 Å². The van der Waals surface area contributed by atoms with Crippen molar-refractivity contribution in [2.24, 2.45) is 20.5 Å². The Hall–Kier alpha value is -8.58. The second kappa shape index (κ2) is 24.7. The van der Waals surface area contributed by atoms with E-state index in [1.54, 1.807) is 0 Å². The van der Waals surface area contributed by atoms with Gasteiger partial charge in [0.2, 0.25) is 34.4 Å². The quantitative estimate of drug-likeness (QED) is 0.0225. The summed E-state index contributed by atoms with van der Waals surface area (Å²) in [6, 6.07) is 13.6. The first-order chi connectivity index (χ1) is 40.6. The molecule has 456 valence electrons. The van der Waals surface area contributed by atoms with Crippen molar-refractivity contribution in [2.75, 3.05) is 47.1 Å². The number of aliphatic hydroxyl groups is 1. The Balaban J connectivity index is 1.10. The topological polar surface area (TPSA) is 513 Å². The molecule has 0 aliphatic rings. The fraction of sp³-hybridized carbons (Fsp3) is 0.0870. The molecule has 0 amide bonds. The lowest BCUT2D eigenvalue weighted by molar-refractivity contribution is 0.301. The third-order valence-electron chi connectivity index (χ3n) is 11.7. The van der Waals surface area contributed by atoms with Crippen molar-refractivity contribution >= 4 is 163 Å². The molecule has 87 heavy (non-hydrogen) atoms. The molecule has 0 radical (unpaired) electrons. The first-order valence-electron chi connectivity index (χ1n) is 23.4. The molecule has 8 aromatic rings. The Bertz CT molecular complexity index is 4940. The van der Waals surface area contributed by atoms with Gasteiger partial charge in [0, 0.05) is 41.2 Å². The van der Waals surface area contributed by atoms with Crippen LogP contribution in [0.25, 0.3) is 21.5 Å². The summed E-state index contributed by atoms with van der Waals surface area (Å²) in [5, 5.41) is 55.4. The normalized spacial score (nSPS) is 12.7. The molecule has 2 heterocycles. The van der Waals surface area contributed by atoms with Crippen molar-refractivity contribution in [1.82, 2.24) is 29.9 Å². The van der Waals surface area contributed by atoms with E-state index in [1.165, 1.54) is 29.2 Å². The number of anilines is 6. The fourth-order valence-corrected chi connectivity index (χ4v) is 11.9. The van der Waals surface area contributed by atoms with Crippen LogP contribution in [-0.4, -0.2) is 140 Å². The Morgan fingerprint density at radius 1 is 0.494 bits per heavy atom. The molecule has 0 saturated carbocycles. The van der Waals surface area contributed by atoms with Crippen LogP contribution in [0.1, 0.15) is 0 Å². The van der Waals surface area contributed by atoms with Crippen LogP contribution in [0.2, 0.25) is 10.6 Å². The number of benzene rings is 6. The van der Waals surface area contributed by atoms with Gasteiger partial charge in [-0.1, -0.05) is 13.2 Å². The number of nitrogens with one attached hydrogen (secondary N) is 3. The van der Waals surface area contributed by atoms with Gasteiger partial charge in [-0.25, -0.2) is 16.8 Å². The average Bonchev–Trinajstić information content (AvgIpc) is 0.880. The van der Waals surface area contributed by atoms with Crippen LogP contribution in [0.15, 0.2) is 159 Å². The number of phenols is 2. The highest BCUT2D eigenvalue weighted by molar-refractivity contribution is 7.94. The molecule has 0 spiro atoms. The number of hydrogen-bond donors (Lipinski definition) is 10. The maximum absolute atomic E-state index is 12.7. The van der Waals surface area contributed by atoms with Gasteiger partial charge < -0.3 is 36.2 Å². The first kappa shape index (κ1) is 64.4. The van der Waals surface area contributed by atoms with Gasteiger partial charge in [-0.15, -0.1) is 10.2 Å². The zero-order chi connectivity index (χ0) is 63.8. The summed E-state index contributed by atoms with van der Waals surface area (Å²) in [4.78, 5) is 21.5. The van der Waals surface area contributed by atoms with Gasteiger partial charge in [0.1, 0.15) is 21.2 Å². The highest BCUT2D eigenvalue weighted by Gasteiger charge is 2.29. The maximum Gasteiger partial charge on any atom is 0.296 e. The number of hydrogen-bond acceptors (Lipinski definition) is 29. The van der Waals surface area contributed by atoms with Crippen LogP contribution >= 0.6 is 23.2 Å². The van der Waals surface area contributed by atoms with Crippen molar-refractivity contribution in [2.45, 2.75) is 29.4 Å². The van der Waals surface area contributed by atoms with Crippen LogP contribution in [0.4, 0.5) is 57.9 Å². The standard InChI is InChI=1S/C46H38Cl2N14O19S6/c1-3-82(66,67)27-9-5-25(6-10-27)58-60-37-33(86(76,77)78)19-23-17-29(84(70,71)72)21-31(35(23)39(37)64)50-44-53-41(47)52-43(56-44)49-13-14-62(15-16-63)46-55-42(48)54-45(57-46)51-32-22-30(85(73,74)75)18-24-20-34(87(79,80)81)38(40(65)36(24)32)61-59-26-7-11-28(12-8-26)83(68,69)4-2/h3-12,17-22,63-65H,1-2,13-16H2,(H,70,71,72)(H,73,74,75)(H,76,77,78)(H,79,80,81)(H,51,54,55,57)(H2,49,50,52,53,56). The summed E-state index contributed by atoms with van der Waals surface area (Å²) in [5.41, 5.74) is -2.91. The van der Waals surface area contributed by atoms with Crippen molar-refractivity contribution < 1.29 is 84.0 Å². The Kier molecular flexibility index (Phi) is 18.3. The molecule has 0 fully saturated rings. The van der Waals surface area contributed by atoms with Gasteiger partial charge in [-0.05, 0) is 119 Å². The largest absolute Gasteiger partial charge is 0.505 e.